The third-order valence-electron chi connectivity index (χ3n) is 3.29. The number of aliphatic hydroxyl groups is 1. The van der Waals surface area contributed by atoms with Crippen LogP contribution in [0.2, 0.25) is 0 Å². The van der Waals surface area contributed by atoms with Crippen molar-refractivity contribution < 1.29 is 20.4 Å². The summed E-state index contributed by atoms with van der Waals surface area (Å²) < 4.78 is 0. The number of aliphatic hydroxyl groups excluding tert-OH is 1. The second-order valence-electron chi connectivity index (χ2n) is 4.36. The van der Waals surface area contributed by atoms with E-state index >= 15 is 0 Å². The Hall–Kier alpha value is -1.21. The number of aromatic hydroxyl groups is 3. The van der Waals surface area contributed by atoms with Gasteiger partial charge in [-0.15, -0.1) is 12.4 Å². The molecule has 0 spiro atoms. The molecule has 0 radical (unpaired) electrons. The first-order chi connectivity index (χ1) is 8.65. The normalized spacial score (nSPS) is 17.7. The molecule has 0 unspecified atom stereocenters. The van der Waals surface area contributed by atoms with Crippen LogP contribution < -0.4 is 5.32 Å². The summed E-state index contributed by atoms with van der Waals surface area (Å²) in [5, 5.41) is 41.4. The van der Waals surface area contributed by atoms with Crippen LogP contribution in [0, 0.1) is 0 Å². The van der Waals surface area contributed by atoms with Gasteiger partial charge in [0.15, 0.2) is 11.5 Å². The van der Waals surface area contributed by atoms with E-state index in [0.29, 0.717) is 5.56 Å². The van der Waals surface area contributed by atoms with E-state index in [9.17, 15) is 20.4 Å². The van der Waals surface area contributed by atoms with Crippen LogP contribution in [0.5, 0.6) is 17.2 Å². The minimum absolute atomic E-state index is 0. The molecule has 1 aliphatic heterocycles. The molecule has 1 aromatic rings. The lowest BCUT2D eigenvalue weighted by atomic mass is 10.0. The van der Waals surface area contributed by atoms with Crippen molar-refractivity contribution in [3.05, 3.63) is 17.7 Å². The molecule has 19 heavy (non-hydrogen) atoms. The SMILES string of the molecule is Cl.OC[C@@H](c1ccc(O)c(O)c1O)N1CCNCC1. The van der Waals surface area contributed by atoms with Gasteiger partial charge in [0.2, 0.25) is 5.75 Å². The van der Waals surface area contributed by atoms with Gasteiger partial charge in [0.05, 0.1) is 12.6 Å². The van der Waals surface area contributed by atoms with Gasteiger partial charge in [-0.2, -0.15) is 0 Å². The van der Waals surface area contributed by atoms with Gasteiger partial charge in [-0.1, -0.05) is 0 Å². The highest BCUT2D eigenvalue weighted by atomic mass is 35.5. The van der Waals surface area contributed by atoms with Crippen LogP contribution in [-0.2, 0) is 0 Å². The molecule has 6 nitrogen and oxygen atoms in total. The molecule has 1 aliphatic rings. The average molecular weight is 291 g/mol. The van der Waals surface area contributed by atoms with Gasteiger partial charge in [0.1, 0.15) is 0 Å². The smallest absolute Gasteiger partial charge is 0.200 e. The van der Waals surface area contributed by atoms with Crippen LogP contribution in [0.4, 0.5) is 0 Å². The molecule has 1 atom stereocenters. The van der Waals surface area contributed by atoms with Crippen LogP contribution in [0.25, 0.3) is 0 Å². The summed E-state index contributed by atoms with van der Waals surface area (Å²) in [6.07, 6.45) is 0. The molecule has 0 bridgehead atoms. The van der Waals surface area contributed by atoms with Gasteiger partial charge in [-0.25, -0.2) is 0 Å². The van der Waals surface area contributed by atoms with Gasteiger partial charge in [-0.3, -0.25) is 4.90 Å². The number of phenolic OH excluding ortho intramolecular Hbond substituents is 3. The Bertz CT molecular complexity index is 424. The molecule has 1 aromatic carbocycles. The monoisotopic (exact) mass is 290 g/mol. The van der Waals surface area contributed by atoms with Crippen LogP contribution in [-0.4, -0.2) is 58.1 Å². The number of halogens is 1. The molecule has 2 rings (SSSR count). The number of phenols is 3. The van der Waals surface area contributed by atoms with E-state index in [2.05, 4.69) is 5.32 Å². The summed E-state index contributed by atoms with van der Waals surface area (Å²) in [6, 6.07) is 2.46. The van der Waals surface area contributed by atoms with Crippen molar-refractivity contribution in [2.75, 3.05) is 32.8 Å². The number of hydrogen-bond donors (Lipinski definition) is 5. The van der Waals surface area contributed by atoms with Gasteiger partial charge in [-0.05, 0) is 12.1 Å². The molecule has 1 fully saturated rings. The van der Waals surface area contributed by atoms with Gasteiger partial charge < -0.3 is 25.7 Å². The van der Waals surface area contributed by atoms with Gasteiger partial charge in [0, 0.05) is 31.7 Å². The van der Waals surface area contributed by atoms with Crippen molar-refractivity contribution >= 4 is 12.4 Å². The predicted octanol–water partition coefficient (Wildman–Crippen LogP) is 0.164. The maximum Gasteiger partial charge on any atom is 0.200 e. The van der Waals surface area contributed by atoms with Crippen molar-refractivity contribution in [2.24, 2.45) is 0 Å². The van der Waals surface area contributed by atoms with E-state index < -0.39 is 5.75 Å². The molecule has 0 aliphatic carbocycles. The van der Waals surface area contributed by atoms with E-state index in [0.717, 1.165) is 26.2 Å². The third-order valence-corrected chi connectivity index (χ3v) is 3.29. The second-order valence-corrected chi connectivity index (χ2v) is 4.36. The zero-order valence-electron chi connectivity index (χ0n) is 10.4. The summed E-state index contributed by atoms with van der Waals surface area (Å²) in [6.45, 7) is 3.00. The van der Waals surface area contributed by atoms with Crippen LogP contribution in [0.3, 0.4) is 0 Å². The van der Waals surface area contributed by atoms with Crippen molar-refractivity contribution in [3.63, 3.8) is 0 Å². The number of benzene rings is 1. The molecular formula is C12H19ClN2O4. The predicted molar refractivity (Wildman–Crippen MR) is 73.0 cm³/mol. The van der Waals surface area contributed by atoms with Crippen molar-refractivity contribution in [1.82, 2.24) is 10.2 Å². The Morgan fingerprint density at radius 1 is 1.11 bits per heavy atom. The van der Waals surface area contributed by atoms with Crippen molar-refractivity contribution in [2.45, 2.75) is 6.04 Å². The quantitative estimate of drug-likeness (QED) is 0.509. The van der Waals surface area contributed by atoms with Crippen molar-refractivity contribution in [1.29, 1.82) is 0 Å². The minimum atomic E-state index is -0.541. The zero-order valence-corrected chi connectivity index (χ0v) is 11.2. The van der Waals surface area contributed by atoms with Crippen molar-refractivity contribution in [3.8, 4) is 17.2 Å². The molecule has 7 heteroatoms. The molecule has 0 aromatic heterocycles. The summed E-state index contributed by atoms with van der Waals surface area (Å²) >= 11 is 0. The lowest BCUT2D eigenvalue weighted by Gasteiger charge is -2.34. The molecule has 108 valence electrons. The topological polar surface area (TPSA) is 96.2 Å². The fraction of sp³-hybridized carbons (Fsp3) is 0.500. The van der Waals surface area contributed by atoms with Crippen LogP contribution >= 0.6 is 12.4 Å². The lowest BCUT2D eigenvalue weighted by molar-refractivity contribution is 0.108. The highest BCUT2D eigenvalue weighted by Gasteiger charge is 2.25. The molecule has 5 N–H and O–H groups in total. The number of rotatable bonds is 3. The van der Waals surface area contributed by atoms with E-state index in [1.54, 1.807) is 0 Å². The maximum atomic E-state index is 9.85. The van der Waals surface area contributed by atoms with Gasteiger partial charge >= 0.3 is 0 Å². The fourth-order valence-corrected chi connectivity index (χ4v) is 2.26. The van der Waals surface area contributed by atoms with Crippen LogP contribution in [0.15, 0.2) is 12.1 Å². The largest absolute Gasteiger partial charge is 0.504 e. The van der Waals surface area contributed by atoms with Gasteiger partial charge in [0.25, 0.3) is 0 Å². The Labute approximate surface area is 117 Å². The standard InChI is InChI=1S/C12H18N2O4.ClH/c15-7-9(14-5-3-13-4-6-14)8-1-2-10(16)12(18)11(8)17;/h1-2,9,13,15-18H,3-7H2;1H/t9-;/m0./s1. The highest BCUT2D eigenvalue weighted by Crippen LogP contribution is 2.41. The number of nitrogens with one attached hydrogen (secondary N) is 1. The number of nitrogens with zero attached hydrogens (tertiary/aromatic N) is 1. The maximum absolute atomic E-state index is 9.85. The lowest BCUT2D eigenvalue weighted by Crippen LogP contribution is -2.46. The first-order valence-electron chi connectivity index (χ1n) is 5.94. The Morgan fingerprint density at radius 2 is 1.74 bits per heavy atom. The Balaban J connectivity index is 0.00000180. The molecule has 1 saturated heterocycles. The van der Waals surface area contributed by atoms with E-state index in [1.165, 1.54) is 12.1 Å². The van der Waals surface area contributed by atoms with E-state index in [1.807, 2.05) is 4.90 Å². The molecule has 1 heterocycles. The number of hydrogen-bond acceptors (Lipinski definition) is 6. The second kappa shape index (κ2) is 6.81. The van der Waals surface area contributed by atoms with E-state index in [-0.39, 0.29) is 36.6 Å². The molecule has 0 amide bonds. The summed E-state index contributed by atoms with van der Waals surface area (Å²) in [4.78, 5) is 2.03. The summed E-state index contributed by atoms with van der Waals surface area (Å²) in [5.74, 6) is -1.28. The number of piperazine rings is 1. The molecule has 0 saturated carbocycles. The molecular weight excluding hydrogens is 272 g/mol. The minimum Gasteiger partial charge on any atom is -0.504 e. The first-order valence-corrected chi connectivity index (χ1v) is 5.94. The first kappa shape index (κ1) is 15.8. The highest BCUT2D eigenvalue weighted by molar-refractivity contribution is 5.85. The Morgan fingerprint density at radius 3 is 2.32 bits per heavy atom. The Kier molecular flexibility index (Phi) is 5.68. The zero-order chi connectivity index (χ0) is 13.1. The van der Waals surface area contributed by atoms with E-state index in [4.69, 9.17) is 0 Å². The average Bonchev–Trinajstić information content (AvgIpc) is 2.41. The third kappa shape index (κ3) is 3.22. The summed E-state index contributed by atoms with van der Waals surface area (Å²) in [7, 11) is 0. The fourth-order valence-electron chi connectivity index (χ4n) is 2.26. The van der Waals surface area contributed by atoms with Crippen LogP contribution in [0.1, 0.15) is 11.6 Å². The summed E-state index contributed by atoms with van der Waals surface area (Å²) in [5.41, 5.74) is 0.426.